The summed E-state index contributed by atoms with van der Waals surface area (Å²) in [6.07, 6.45) is 2.26. The third-order valence-corrected chi connectivity index (χ3v) is 6.80. The van der Waals surface area contributed by atoms with Crippen molar-refractivity contribution >= 4 is 16.9 Å². The predicted molar refractivity (Wildman–Crippen MR) is 104 cm³/mol. The van der Waals surface area contributed by atoms with E-state index in [4.69, 9.17) is 4.74 Å². The van der Waals surface area contributed by atoms with Gasteiger partial charge in [0, 0.05) is 6.42 Å². The fourth-order valence-electron chi connectivity index (χ4n) is 3.28. The van der Waals surface area contributed by atoms with Gasteiger partial charge in [0.2, 0.25) is 0 Å². The molecule has 0 aromatic heterocycles. The van der Waals surface area contributed by atoms with Crippen LogP contribution in [-0.4, -0.2) is 5.97 Å². The van der Waals surface area contributed by atoms with Crippen LogP contribution in [0.1, 0.15) is 30.9 Å². The third-order valence-electron chi connectivity index (χ3n) is 4.57. The standard InChI is InChI=1S/C23H21O2S/c24-23-13-7-12-22(25-23)18-14-16-21(17-15-18)26(19-8-3-1-4-9-19)20-10-5-2-6-11-20/h1-6,8-11,14-17,22H,7,12-13H2/q+1. The Labute approximate surface area is 157 Å². The first-order valence-corrected chi connectivity index (χ1v) is 10.2. The molecule has 1 saturated heterocycles. The quantitative estimate of drug-likeness (QED) is 0.450. The van der Waals surface area contributed by atoms with E-state index in [0.717, 1.165) is 18.4 Å². The largest absolute Gasteiger partial charge is 0.457 e. The number of esters is 1. The van der Waals surface area contributed by atoms with Crippen LogP contribution in [0.25, 0.3) is 0 Å². The lowest BCUT2D eigenvalue weighted by molar-refractivity contribution is -0.154. The molecular formula is C23H21O2S+. The molecule has 0 saturated carbocycles. The van der Waals surface area contributed by atoms with Crippen molar-refractivity contribution < 1.29 is 9.53 Å². The molecule has 0 spiro atoms. The van der Waals surface area contributed by atoms with Gasteiger partial charge in [-0.3, -0.25) is 4.79 Å². The number of carbonyl (C=O) groups is 1. The Morgan fingerprint density at radius 2 is 1.27 bits per heavy atom. The van der Waals surface area contributed by atoms with Crippen LogP contribution in [-0.2, 0) is 20.4 Å². The first kappa shape index (κ1) is 16.9. The topological polar surface area (TPSA) is 26.3 Å². The molecular weight excluding hydrogens is 340 g/mol. The lowest BCUT2D eigenvalue weighted by Crippen LogP contribution is -2.17. The molecule has 1 aliphatic heterocycles. The van der Waals surface area contributed by atoms with Gasteiger partial charge in [-0.05, 0) is 54.8 Å². The Kier molecular flexibility index (Phi) is 5.07. The van der Waals surface area contributed by atoms with Crippen LogP contribution in [0.2, 0.25) is 0 Å². The second kappa shape index (κ2) is 7.79. The molecule has 1 unspecified atom stereocenters. The van der Waals surface area contributed by atoms with Crippen LogP contribution in [0.3, 0.4) is 0 Å². The molecule has 130 valence electrons. The first-order chi connectivity index (χ1) is 12.8. The maximum atomic E-state index is 11.6. The maximum absolute atomic E-state index is 11.6. The fourth-order valence-corrected chi connectivity index (χ4v) is 5.37. The third kappa shape index (κ3) is 3.68. The predicted octanol–water partition coefficient (Wildman–Crippen LogP) is 5.55. The monoisotopic (exact) mass is 361 g/mol. The minimum absolute atomic E-state index is 0.0846. The Hall–Kier alpha value is -2.52. The van der Waals surface area contributed by atoms with Gasteiger partial charge in [0.25, 0.3) is 0 Å². The molecule has 3 aromatic rings. The number of hydrogen-bond donors (Lipinski definition) is 0. The zero-order chi connectivity index (χ0) is 17.8. The summed E-state index contributed by atoms with van der Waals surface area (Å²) in [6.45, 7) is 0. The van der Waals surface area contributed by atoms with Crippen LogP contribution in [0, 0.1) is 0 Å². The lowest BCUT2D eigenvalue weighted by Gasteiger charge is -2.22. The molecule has 1 heterocycles. The van der Waals surface area contributed by atoms with Crippen molar-refractivity contribution in [2.24, 2.45) is 0 Å². The van der Waals surface area contributed by atoms with Crippen LogP contribution >= 0.6 is 0 Å². The van der Waals surface area contributed by atoms with Gasteiger partial charge >= 0.3 is 5.97 Å². The summed E-state index contributed by atoms with van der Waals surface area (Å²) in [5.74, 6) is -0.0846. The van der Waals surface area contributed by atoms with Crippen LogP contribution < -0.4 is 0 Å². The Balaban J connectivity index is 1.67. The number of carbonyl (C=O) groups excluding carboxylic acids is 1. The second-order valence-corrected chi connectivity index (χ2v) is 8.40. The summed E-state index contributed by atoms with van der Waals surface area (Å²) in [5.41, 5.74) is 1.09. The zero-order valence-corrected chi connectivity index (χ0v) is 15.3. The van der Waals surface area contributed by atoms with Crippen LogP contribution in [0.15, 0.2) is 99.6 Å². The van der Waals surface area contributed by atoms with Crippen molar-refractivity contribution in [3.05, 3.63) is 90.5 Å². The maximum Gasteiger partial charge on any atom is 0.306 e. The number of benzene rings is 3. The number of cyclic esters (lactones) is 1. The van der Waals surface area contributed by atoms with E-state index in [1.807, 2.05) is 0 Å². The van der Waals surface area contributed by atoms with E-state index in [0.29, 0.717) is 6.42 Å². The summed E-state index contributed by atoms with van der Waals surface area (Å²) < 4.78 is 5.51. The van der Waals surface area contributed by atoms with Gasteiger partial charge in [0.1, 0.15) is 6.10 Å². The molecule has 1 atom stereocenters. The first-order valence-electron chi connectivity index (χ1n) is 8.95. The minimum atomic E-state index is -0.143. The van der Waals surface area contributed by atoms with E-state index in [1.54, 1.807) is 0 Å². The van der Waals surface area contributed by atoms with Crippen molar-refractivity contribution in [3.8, 4) is 0 Å². The Morgan fingerprint density at radius 3 is 1.81 bits per heavy atom. The zero-order valence-electron chi connectivity index (χ0n) is 14.5. The molecule has 0 amide bonds. The highest BCUT2D eigenvalue weighted by Gasteiger charge is 2.29. The average Bonchev–Trinajstić information content (AvgIpc) is 2.70. The van der Waals surface area contributed by atoms with Crippen molar-refractivity contribution in [3.63, 3.8) is 0 Å². The number of ether oxygens (including phenoxy) is 1. The molecule has 0 radical (unpaired) electrons. The summed E-state index contributed by atoms with van der Waals surface area (Å²) in [4.78, 5) is 15.4. The van der Waals surface area contributed by atoms with Crippen molar-refractivity contribution in [1.82, 2.24) is 0 Å². The molecule has 0 bridgehead atoms. The van der Waals surface area contributed by atoms with Crippen LogP contribution in [0.5, 0.6) is 0 Å². The Bertz CT molecular complexity index is 820. The van der Waals surface area contributed by atoms with E-state index in [1.165, 1.54) is 14.7 Å². The van der Waals surface area contributed by atoms with Gasteiger partial charge in [-0.15, -0.1) is 0 Å². The highest BCUT2D eigenvalue weighted by Crippen LogP contribution is 2.33. The molecule has 1 aliphatic rings. The van der Waals surface area contributed by atoms with Gasteiger partial charge in [0.15, 0.2) is 14.7 Å². The summed E-state index contributed by atoms with van der Waals surface area (Å²) in [6, 6.07) is 29.8. The van der Waals surface area contributed by atoms with Crippen molar-refractivity contribution in [2.75, 3.05) is 0 Å². The molecule has 4 rings (SSSR count). The fraction of sp³-hybridized carbons (Fsp3) is 0.174. The van der Waals surface area contributed by atoms with Crippen molar-refractivity contribution in [2.45, 2.75) is 40.1 Å². The number of rotatable bonds is 4. The smallest absolute Gasteiger partial charge is 0.306 e. The highest BCUT2D eigenvalue weighted by molar-refractivity contribution is 7.97. The van der Waals surface area contributed by atoms with Gasteiger partial charge in [-0.2, -0.15) is 0 Å². The van der Waals surface area contributed by atoms with E-state index in [9.17, 15) is 4.79 Å². The van der Waals surface area contributed by atoms with Crippen molar-refractivity contribution in [1.29, 1.82) is 0 Å². The molecule has 1 fully saturated rings. The van der Waals surface area contributed by atoms with Gasteiger partial charge in [0.05, 0.1) is 10.9 Å². The summed E-state index contributed by atoms with van der Waals surface area (Å²) in [5, 5.41) is 0. The minimum Gasteiger partial charge on any atom is -0.457 e. The van der Waals surface area contributed by atoms with Gasteiger partial charge < -0.3 is 4.74 Å². The molecule has 26 heavy (non-hydrogen) atoms. The molecule has 0 aliphatic carbocycles. The van der Waals surface area contributed by atoms with Crippen LogP contribution in [0.4, 0.5) is 0 Å². The number of hydrogen-bond acceptors (Lipinski definition) is 2. The molecule has 3 aromatic carbocycles. The Morgan fingerprint density at radius 1 is 0.731 bits per heavy atom. The average molecular weight is 361 g/mol. The highest BCUT2D eigenvalue weighted by atomic mass is 32.2. The molecule has 3 heteroatoms. The van der Waals surface area contributed by atoms with E-state index in [2.05, 4.69) is 84.9 Å². The molecule has 0 N–H and O–H groups in total. The summed E-state index contributed by atoms with van der Waals surface area (Å²) in [7, 11) is -0.143. The van der Waals surface area contributed by atoms with Gasteiger partial charge in [-0.25, -0.2) is 0 Å². The van der Waals surface area contributed by atoms with E-state index < -0.39 is 0 Å². The van der Waals surface area contributed by atoms with E-state index >= 15 is 0 Å². The molecule has 2 nitrogen and oxygen atoms in total. The lowest BCUT2D eigenvalue weighted by atomic mass is 10.0. The normalized spacial score (nSPS) is 17.1. The second-order valence-electron chi connectivity index (χ2n) is 6.37. The van der Waals surface area contributed by atoms with Gasteiger partial charge in [-0.1, -0.05) is 48.5 Å². The summed E-state index contributed by atoms with van der Waals surface area (Å²) >= 11 is 0. The van der Waals surface area contributed by atoms with E-state index in [-0.39, 0.29) is 23.0 Å². The SMILES string of the molecule is O=C1CCCC(c2ccc([S+](c3ccccc3)c3ccccc3)cc2)O1.